The van der Waals surface area contributed by atoms with Crippen molar-refractivity contribution in [3.8, 4) is 5.75 Å². The Kier molecular flexibility index (Phi) is 5.82. The van der Waals surface area contributed by atoms with Gasteiger partial charge in [-0.1, -0.05) is 6.42 Å². The molecule has 2 aromatic rings. The molecule has 0 saturated carbocycles. The number of carbonyl (C=O) groups excluding carboxylic acids is 1. The highest BCUT2D eigenvalue weighted by Crippen LogP contribution is 2.20. The Labute approximate surface area is 146 Å². The molecule has 0 spiro atoms. The van der Waals surface area contributed by atoms with Gasteiger partial charge in [0.05, 0.1) is 12.3 Å². The van der Waals surface area contributed by atoms with Gasteiger partial charge < -0.3 is 4.74 Å². The van der Waals surface area contributed by atoms with Crippen molar-refractivity contribution < 1.29 is 9.53 Å². The van der Waals surface area contributed by atoms with Gasteiger partial charge in [-0.05, 0) is 57.1 Å². The molecule has 0 aliphatic carbocycles. The summed E-state index contributed by atoms with van der Waals surface area (Å²) in [7, 11) is 0. The average Bonchev–Trinajstić information content (AvgIpc) is 3.03. The number of hydrogen-bond donors (Lipinski definition) is 1. The molecule has 3 rings (SSSR count). The fraction of sp³-hybridized carbons (Fsp3) is 0.444. The predicted molar refractivity (Wildman–Crippen MR) is 96.8 cm³/mol. The number of anilines is 1. The maximum Gasteiger partial charge on any atom is 0.257 e. The first-order chi connectivity index (χ1) is 11.7. The zero-order chi connectivity index (χ0) is 16.8. The normalized spacial score (nSPS) is 15.2. The first-order valence-corrected chi connectivity index (χ1v) is 9.33. The number of rotatable bonds is 6. The van der Waals surface area contributed by atoms with E-state index in [2.05, 4.69) is 15.2 Å². The van der Waals surface area contributed by atoms with Gasteiger partial charge in [-0.25, -0.2) is 4.98 Å². The summed E-state index contributed by atoms with van der Waals surface area (Å²) in [4.78, 5) is 19.3. The Morgan fingerprint density at radius 1 is 1.25 bits per heavy atom. The monoisotopic (exact) mass is 345 g/mol. The van der Waals surface area contributed by atoms with Crippen LogP contribution < -0.4 is 10.1 Å². The number of carbonyl (C=O) groups is 1. The fourth-order valence-electron chi connectivity index (χ4n) is 2.82. The lowest BCUT2D eigenvalue weighted by Crippen LogP contribution is -2.29. The molecule has 0 atom stereocenters. The minimum absolute atomic E-state index is 0.142. The van der Waals surface area contributed by atoms with Gasteiger partial charge in [-0.2, -0.15) is 0 Å². The van der Waals surface area contributed by atoms with Gasteiger partial charge in [0.1, 0.15) is 5.75 Å². The zero-order valence-electron chi connectivity index (χ0n) is 14.0. The van der Waals surface area contributed by atoms with Crippen LogP contribution >= 0.6 is 11.3 Å². The number of nitrogens with zero attached hydrogens (tertiary/aromatic N) is 2. The molecule has 1 amide bonds. The molecular formula is C18H23N3O2S. The predicted octanol–water partition coefficient (Wildman–Crippen LogP) is 3.78. The Balaban J connectivity index is 1.56. The number of hydrogen-bond acceptors (Lipinski definition) is 5. The molecule has 0 unspecified atom stereocenters. The summed E-state index contributed by atoms with van der Waals surface area (Å²) in [6.07, 6.45) is 3.87. The molecule has 1 aromatic carbocycles. The molecule has 128 valence electrons. The van der Waals surface area contributed by atoms with Crippen molar-refractivity contribution in [1.29, 1.82) is 0 Å². The Bertz CT molecular complexity index is 663. The van der Waals surface area contributed by atoms with Crippen molar-refractivity contribution in [2.75, 3.05) is 25.0 Å². The molecule has 5 nitrogen and oxygen atoms in total. The molecule has 6 heteroatoms. The van der Waals surface area contributed by atoms with Gasteiger partial charge in [-0.15, -0.1) is 11.3 Å². The number of amides is 1. The third kappa shape index (κ3) is 4.55. The molecule has 1 aliphatic rings. The van der Waals surface area contributed by atoms with Gasteiger partial charge in [0.25, 0.3) is 5.91 Å². The van der Waals surface area contributed by atoms with Crippen LogP contribution in [0.25, 0.3) is 0 Å². The summed E-state index contributed by atoms with van der Waals surface area (Å²) < 4.78 is 5.39. The number of aromatic nitrogens is 1. The highest BCUT2D eigenvalue weighted by Gasteiger charge is 2.13. The summed E-state index contributed by atoms with van der Waals surface area (Å²) in [6.45, 7) is 5.71. The highest BCUT2D eigenvalue weighted by atomic mass is 32.1. The molecule has 1 fully saturated rings. The van der Waals surface area contributed by atoms with Crippen molar-refractivity contribution in [3.63, 3.8) is 0 Å². The van der Waals surface area contributed by atoms with Crippen LogP contribution in [0, 0.1) is 0 Å². The largest absolute Gasteiger partial charge is 0.494 e. The summed E-state index contributed by atoms with van der Waals surface area (Å²) >= 11 is 1.48. The summed E-state index contributed by atoms with van der Waals surface area (Å²) in [5, 5.41) is 5.56. The number of nitrogens with one attached hydrogen (secondary N) is 1. The van der Waals surface area contributed by atoms with Crippen molar-refractivity contribution >= 4 is 22.4 Å². The van der Waals surface area contributed by atoms with Crippen molar-refractivity contribution in [2.24, 2.45) is 0 Å². The van der Waals surface area contributed by atoms with E-state index in [-0.39, 0.29) is 5.91 Å². The van der Waals surface area contributed by atoms with E-state index in [4.69, 9.17) is 4.74 Å². The van der Waals surface area contributed by atoms with Crippen LogP contribution in [0.2, 0.25) is 0 Å². The molecule has 24 heavy (non-hydrogen) atoms. The second-order valence-electron chi connectivity index (χ2n) is 5.89. The number of piperidine rings is 1. The van der Waals surface area contributed by atoms with Crippen LogP contribution in [-0.4, -0.2) is 35.5 Å². The molecule has 1 aromatic heterocycles. The smallest absolute Gasteiger partial charge is 0.257 e. The van der Waals surface area contributed by atoms with Gasteiger partial charge in [-0.3, -0.25) is 15.0 Å². The summed E-state index contributed by atoms with van der Waals surface area (Å²) in [6, 6.07) is 7.15. The number of thiazole rings is 1. The maximum absolute atomic E-state index is 12.3. The fourth-order valence-corrected chi connectivity index (χ4v) is 3.52. The number of benzene rings is 1. The van der Waals surface area contributed by atoms with Gasteiger partial charge >= 0.3 is 0 Å². The van der Waals surface area contributed by atoms with Gasteiger partial charge in [0.15, 0.2) is 5.13 Å². The van der Waals surface area contributed by atoms with E-state index in [1.165, 1.54) is 30.6 Å². The lowest BCUT2D eigenvalue weighted by molar-refractivity contribution is 0.102. The minimum atomic E-state index is -0.142. The van der Waals surface area contributed by atoms with Crippen LogP contribution in [0.4, 0.5) is 5.13 Å². The Morgan fingerprint density at radius 3 is 2.71 bits per heavy atom. The van der Waals surface area contributed by atoms with E-state index in [9.17, 15) is 4.79 Å². The van der Waals surface area contributed by atoms with E-state index in [0.717, 1.165) is 31.1 Å². The SMILES string of the molecule is CCOc1ccc(C(=O)Nc2nc(CN3CCCCC3)cs2)cc1. The first-order valence-electron chi connectivity index (χ1n) is 8.45. The van der Waals surface area contributed by atoms with Crippen LogP contribution in [-0.2, 0) is 6.54 Å². The van der Waals surface area contributed by atoms with E-state index in [1.807, 2.05) is 24.4 Å². The summed E-state index contributed by atoms with van der Waals surface area (Å²) in [5.74, 6) is 0.629. The third-order valence-corrected chi connectivity index (χ3v) is 4.84. The van der Waals surface area contributed by atoms with Crippen molar-refractivity contribution in [1.82, 2.24) is 9.88 Å². The lowest BCUT2D eigenvalue weighted by Gasteiger charge is -2.25. The van der Waals surface area contributed by atoms with E-state index < -0.39 is 0 Å². The third-order valence-electron chi connectivity index (χ3n) is 4.03. The van der Waals surface area contributed by atoms with Crippen LogP contribution in [0.5, 0.6) is 5.75 Å². The average molecular weight is 345 g/mol. The number of ether oxygens (including phenoxy) is 1. The molecule has 1 saturated heterocycles. The van der Waals surface area contributed by atoms with Crippen LogP contribution in [0.15, 0.2) is 29.6 Å². The molecular weight excluding hydrogens is 322 g/mol. The quantitative estimate of drug-likeness (QED) is 0.866. The minimum Gasteiger partial charge on any atom is -0.494 e. The first kappa shape index (κ1) is 16.9. The zero-order valence-corrected chi connectivity index (χ0v) is 14.8. The molecule has 1 N–H and O–H groups in total. The van der Waals surface area contributed by atoms with E-state index in [1.54, 1.807) is 12.1 Å². The number of likely N-dealkylation sites (tertiary alicyclic amines) is 1. The molecule has 1 aliphatic heterocycles. The van der Waals surface area contributed by atoms with E-state index >= 15 is 0 Å². The second-order valence-corrected chi connectivity index (χ2v) is 6.75. The van der Waals surface area contributed by atoms with Gasteiger partial charge in [0, 0.05) is 17.5 Å². The van der Waals surface area contributed by atoms with Crippen LogP contribution in [0.3, 0.4) is 0 Å². The Morgan fingerprint density at radius 2 is 2.00 bits per heavy atom. The summed E-state index contributed by atoms with van der Waals surface area (Å²) in [5.41, 5.74) is 1.63. The highest BCUT2D eigenvalue weighted by molar-refractivity contribution is 7.13. The molecule has 2 heterocycles. The lowest BCUT2D eigenvalue weighted by atomic mass is 10.1. The standard InChI is InChI=1S/C18H23N3O2S/c1-2-23-16-8-6-14(7-9-16)17(22)20-18-19-15(13-24-18)12-21-10-4-3-5-11-21/h6-9,13H,2-5,10-12H2,1H3,(H,19,20,22). The van der Waals surface area contributed by atoms with Crippen molar-refractivity contribution in [3.05, 3.63) is 40.9 Å². The molecule has 0 bridgehead atoms. The van der Waals surface area contributed by atoms with E-state index in [0.29, 0.717) is 17.3 Å². The van der Waals surface area contributed by atoms with Crippen molar-refractivity contribution in [2.45, 2.75) is 32.7 Å². The molecule has 0 radical (unpaired) electrons. The second kappa shape index (κ2) is 8.26. The maximum atomic E-state index is 12.3. The topological polar surface area (TPSA) is 54.5 Å². The van der Waals surface area contributed by atoms with Gasteiger partial charge in [0.2, 0.25) is 0 Å². The Hall–Kier alpha value is -1.92. The van der Waals surface area contributed by atoms with Crippen LogP contribution in [0.1, 0.15) is 42.2 Å².